The summed E-state index contributed by atoms with van der Waals surface area (Å²) in [5, 5.41) is 0. The fraction of sp³-hybridized carbons (Fsp3) is 0.500. The van der Waals surface area contributed by atoms with Crippen LogP contribution in [0, 0.1) is 0 Å². The van der Waals surface area contributed by atoms with Gasteiger partial charge in [0.25, 0.3) is 0 Å². The summed E-state index contributed by atoms with van der Waals surface area (Å²) in [5.41, 5.74) is 0. The second-order valence-electron chi connectivity index (χ2n) is 0.287. The first-order valence-corrected chi connectivity index (χ1v) is 0.816. The second-order valence-corrected chi connectivity index (χ2v) is 0.287. The van der Waals surface area contributed by atoms with Gasteiger partial charge in [-0.1, -0.05) is 6.47 Å². The van der Waals surface area contributed by atoms with E-state index in [0.29, 0.717) is 0 Å². The molecule has 0 radical (unpaired) electrons. The number of rotatable bonds is 1. The molecule has 0 rings (SSSR count). The van der Waals surface area contributed by atoms with Crippen LogP contribution in [0.3, 0.4) is 0 Å². The Labute approximate surface area is 52.8 Å². The maximum absolute atomic E-state index is 8.83. The van der Waals surface area contributed by atoms with Crippen molar-refractivity contribution in [2.75, 3.05) is 7.11 Å². The molecule has 0 aliphatic rings. The first kappa shape index (κ1) is 9.08. The zero-order chi connectivity index (χ0) is 3.41. The van der Waals surface area contributed by atoms with Crippen LogP contribution in [0.1, 0.15) is 0 Å². The van der Waals surface area contributed by atoms with Gasteiger partial charge in [-0.25, -0.2) is 0 Å². The molecule has 0 aromatic heterocycles. The number of hydrogen-bond donors (Lipinski definition) is 0. The van der Waals surface area contributed by atoms with E-state index in [9.17, 15) is 0 Å². The summed E-state index contributed by atoms with van der Waals surface area (Å²) < 4.78 is 3.74. The molecule has 5 heavy (non-hydrogen) atoms. The minimum atomic E-state index is 0. The molecule has 0 aliphatic heterocycles. The molecule has 0 aliphatic carbocycles. The Morgan fingerprint density at radius 3 is 2.00 bits per heavy atom. The molecule has 0 fully saturated rings. The van der Waals surface area contributed by atoms with Gasteiger partial charge in [0, 0.05) is 7.11 Å². The van der Waals surface area contributed by atoms with Gasteiger partial charge in [-0.3, -0.25) is 0 Å². The minimum absolute atomic E-state index is 0. The zero-order valence-electron chi connectivity index (χ0n) is 3.32. The minimum Gasteiger partial charge on any atom is -0.655 e. The monoisotopic (exact) mass is 82.0 g/mol. The Morgan fingerprint density at radius 1 is 1.80 bits per heavy atom. The van der Waals surface area contributed by atoms with Crippen molar-refractivity contribution in [3.8, 4) is 0 Å². The van der Waals surface area contributed by atoms with Crippen LogP contribution in [0.25, 0.3) is 0 Å². The number of methoxy groups -OCH3 is 1. The van der Waals surface area contributed by atoms with E-state index >= 15 is 0 Å². The van der Waals surface area contributed by atoms with Gasteiger partial charge in [-0.05, 0) is 0 Å². The topological polar surface area (TPSA) is 26.3 Å². The van der Waals surface area contributed by atoms with Gasteiger partial charge in [0.05, 0.1) is 0 Å². The van der Waals surface area contributed by atoms with Gasteiger partial charge in [0.15, 0.2) is 0 Å². The number of hydrogen-bond acceptors (Lipinski definition) is 2. The van der Waals surface area contributed by atoms with Gasteiger partial charge >= 0.3 is 29.6 Å². The van der Waals surface area contributed by atoms with Crippen LogP contribution in [-0.2, 0) is 9.53 Å². The standard InChI is InChI=1S/C2H3O2.Na/c1-4-2-3;/h1H3;/q-1;+1. The molecule has 0 saturated carbocycles. The van der Waals surface area contributed by atoms with E-state index in [4.69, 9.17) is 4.79 Å². The van der Waals surface area contributed by atoms with Gasteiger partial charge in [0.2, 0.25) is 0 Å². The average molecular weight is 82.0 g/mol. The van der Waals surface area contributed by atoms with Crippen LogP contribution in [0.5, 0.6) is 0 Å². The molecule has 0 atom stereocenters. The maximum atomic E-state index is 8.83. The average Bonchev–Trinajstić information content (AvgIpc) is 1.37. The fourth-order valence-corrected chi connectivity index (χ4v) is 0. The summed E-state index contributed by atoms with van der Waals surface area (Å²) in [4.78, 5) is 8.83. The SMILES string of the molecule is CO[C-]=O.[Na+]. The van der Waals surface area contributed by atoms with Gasteiger partial charge in [-0.2, -0.15) is 0 Å². The van der Waals surface area contributed by atoms with Crippen molar-refractivity contribution in [1.29, 1.82) is 0 Å². The van der Waals surface area contributed by atoms with Gasteiger partial charge < -0.3 is 9.53 Å². The number of ether oxygens (including phenoxy) is 1. The predicted octanol–water partition coefficient (Wildman–Crippen LogP) is -3.30. The van der Waals surface area contributed by atoms with Gasteiger partial charge in [0.1, 0.15) is 0 Å². The third-order valence-corrected chi connectivity index (χ3v) is 0.0833. The normalized spacial score (nSPS) is 4.20. The number of carbonyl (C=O) groups excluding carboxylic acids is 1. The fourth-order valence-electron chi connectivity index (χ4n) is 0. The van der Waals surface area contributed by atoms with E-state index in [1.165, 1.54) is 13.6 Å². The van der Waals surface area contributed by atoms with E-state index in [-0.39, 0.29) is 29.6 Å². The Hall–Kier alpha value is 0.470. The quantitative estimate of drug-likeness (QED) is 0.245. The van der Waals surface area contributed by atoms with Crippen molar-refractivity contribution in [1.82, 2.24) is 0 Å². The van der Waals surface area contributed by atoms with E-state index in [0.717, 1.165) is 0 Å². The molecule has 2 nitrogen and oxygen atoms in total. The molecular formula is C2H3NaO2. The Kier molecular flexibility index (Phi) is 16.0. The molecule has 3 heteroatoms. The molecule has 0 amide bonds. The summed E-state index contributed by atoms with van der Waals surface area (Å²) in [6.07, 6.45) is 0. The summed E-state index contributed by atoms with van der Waals surface area (Å²) in [6, 6.07) is 0. The smallest absolute Gasteiger partial charge is 0.655 e. The first-order valence-electron chi connectivity index (χ1n) is 0.816. The first-order chi connectivity index (χ1) is 1.91. The molecule has 0 heterocycles. The Balaban J connectivity index is 0. The molecule has 0 aromatic carbocycles. The predicted molar refractivity (Wildman–Crippen MR) is 12.7 cm³/mol. The van der Waals surface area contributed by atoms with Crippen molar-refractivity contribution in [3.63, 3.8) is 0 Å². The van der Waals surface area contributed by atoms with Crippen LogP contribution >= 0.6 is 0 Å². The molecule has 0 N–H and O–H groups in total. The van der Waals surface area contributed by atoms with E-state index in [2.05, 4.69) is 4.74 Å². The molecular weight excluding hydrogens is 79.0 g/mol. The third kappa shape index (κ3) is 12.6. The Bertz CT molecular complexity index is 21.6. The molecule has 0 aromatic rings. The van der Waals surface area contributed by atoms with E-state index in [1.807, 2.05) is 0 Å². The van der Waals surface area contributed by atoms with Crippen LogP contribution < -0.4 is 29.6 Å². The Morgan fingerprint density at radius 2 is 2.00 bits per heavy atom. The van der Waals surface area contributed by atoms with E-state index < -0.39 is 0 Å². The van der Waals surface area contributed by atoms with Crippen molar-refractivity contribution in [3.05, 3.63) is 0 Å². The largest absolute Gasteiger partial charge is 1.00 e. The van der Waals surface area contributed by atoms with Crippen LogP contribution in [0.15, 0.2) is 0 Å². The molecule has 24 valence electrons. The molecule has 0 spiro atoms. The zero-order valence-corrected chi connectivity index (χ0v) is 5.32. The second kappa shape index (κ2) is 8.82. The molecule has 0 unspecified atom stereocenters. The van der Waals surface area contributed by atoms with Crippen LogP contribution in [0.2, 0.25) is 0 Å². The van der Waals surface area contributed by atoms with Crippen molar-refractivity contribution in [2.24, 2.45) is 0 Å². The third-order valence-electron chi connectivity index (χ3n) is 0.0833. The van der Waals surface area contributed by atoms with Gasteiger partial charge in [-0.15, -0.1) is 0 Å². The van der Waals surface area contributed by atoms with Crippen molar-refractivity contribution in [2.45, 2.75) is 0 Å². The summed E-state index contributed by atoms with van der Waals surface area (Å²) in [7, 11) is 1.26. The molecule has 0 saturated heterocycles. The van der Waals surface area contributed by atoms with Crippen LogP contribution in [-0.4, -0.2) is 13.6 Å². The summed E-state index contributed by atoms with van der Waals surface area (Å²) in [6.45, 7) is 1.18. The summed E-state index contributed by atoms with van der Waals surface area (Å²) >= 11 is 0. The molecule has 0 bridgehead atoms. The van der Waals surface area contributed by atoms with E-state index in [1.54, 1.807) is 0 Å². The van der Waals surface area contributed by atoms with Crippen molar-refractivity contribution >= 4 is 6.47 Å². The van der Waals surface area contributed by atoms with Crippen LogP contribution in [0.4, 0.5) is 0 Å². The maximum Gasteiger partial charge on any atom is 1.00 e. The van der Waals surface area contributed by atoms with Crippen molar-refractivity contribution < 1.29 is 39.1 Å². The summed E-state index contributed by atoms with van der Waals surface area (Å²) in [5.74, 6) is 0.